The number of hydrogen-bond donors (Lipinski definition) is 1. The first-order valence-corrected chi connectivity index (χ1v) is 5.11. The van der Waals surface area contributed by atoms with Crippen molar-refractivity contribution in [2.45, 2.75) is 18.6 Å². The number of ether oxygens (including phenoxy) is 2. The molecule has 2 saturated carbocycles. The largest absolute Gasteiger partial charge is 0.393 e. The van der Waals surface area contributed by atoms with E-state index in [0.717, 1.165) is 0 Å². The summed E-state index contributed by atoms with van der Waals surface area (Å²) in [5, 5.41) is 9.89. The third-order valence-electron chi connectivity index (χ3n) is 4.07. The van der Waals surface area contributed by atoms with Crippen molar-refractivity contribution >= 4 is 11.9 Å². The highest BCUT2D eigenvalue weighted by atomic mass is 16.6. The van der Waals surface area contributed by atoms with Crippen LogP contribution in [0.1, 0.15) is 6.42 Å². The number of esters is 2. The highest BCUT2D eigenvalue weighted by molar-refractivity contribution is 5.97. The van der Waals surface area contributed by atoms with E-state index in [1.807, 2.05) is 0 Å². The predicted octanol–water partition coefficient (Wildman–Crippen LogP) is -0.672. The van der Waals surface area contributed by atoms with Crippen molar-refractivity contribution < 1.29 is 24.2 Å². The lowest BCUT2D eigenvalue weighted by molar-refractivity contribution is -0.155. The zero-order valence-electron chi connectivity index (χ0n) is 8.25. The summed E-state index contributed by atoms with van der Waals surface area (Å²) < 4.78 is 9.79. The summed E-state index contributed by atoms with van der Waals surface area (Å²) in [5.41, 5.74) is 0. The Labute approximate surface area is 86.4 Å². The van der Waals surface area contributed by atoms with Gasteiger partial charge < -0.3 is 14.6 Å². The van der Waals surface area contributed by atoms with Gasteiger partial charge in [-0.3, -0.25) is 9.59 Å². The van der Waals surface area contributed by atoms with Gasteiger partial charge in [0.05, 0.1) is 24.0 Å². The molecular formula is C10H12O5. The number of aliphatic hydroxyl groups excluding tert-OH is 1. The zero-order valence-corrected chi connectivity index (χ0v) is 8.25. The SMILES string of the molecule is COC1C(O)C2CC1C1C(=O)OC(=O)C21. The normalized spacial score (nSPS) is 52.1. The van der Waals surface area contributed by atoms with Gasteiger partial charge in [0.1, 0.15) is 0 Å². The topological polar surface area (TPSA) is 72.8 Å². The van der Waals surface area contributed by atoms with Crippen LogP contribution in [-0.4, -0.2) is 36.4 Å². The Morgan fingerprint density at radius 3 is 2.47 bits per heavy atom. The van der Waals surface area contributed by atoms with Crippen LogP contribution in [0.2, 0.25) is 0 Å². The maximum absolute atomic E-state index is 11.4. The molecule has 2 aliphatic carbocycles. The lowest BCUT2D eigenvalue weighted by atomic mass is 9.78. The van der Waals surface area contributed by atoms with Gasteiger partial charge in [-0.2, -0.15) is 0 Å². The van der Waals surface area contributed by atoms with Crippen LogP contribution in [0, 0.1) is 23.7 Å². The summed E-state index contributed by atoms with van der Waals surface area (Å²) in [6.07, 6.45) is -0.273. The van der Waals surface area contributed by atoms with E-state index in [1.54, 1.807) is 0 Å². The van der Waals surface area contributed by atoms with Crippen LogP contribution in [-0.2, 0) is 19.1 Å². The molecule has 6 unspecified atom stereocenters. The van der Waals surface area contributed by atoms with E-state index in [2.05, 4.69) is 4.74 Å². The molecule has 15 heavy (non-hydrogen) atoms. The monoisotopic (exact) mass is 212 g/mol. The number of rotatable bonds is 1. The number of carbonyl (C=O) groups is 2. The minimum Gasteiger partial charge on any atom is -0.393 e. The quantitative estimate of drug-likeness (QED) is 0.461. The van der Waals surface area contributed by atoms with Crippen molar-refractivity contribution in [2.24, 2.45) is 23.7 Å². The van der Waals surface area contributed by atoms with E-state index in [0.29, 0.717) is 6.42 Å². The second kappa shape index (κ2) is 2.80. The number of hydrogen-bond acceptors (Lipinski definition) is 5. The van der Waals surface area contributed by atoms with Crippen molar-refractivity contribution in [1.29, 1.82) is 0 Å². The fraction of sp³-hybridized carbons (Fsp3) is 0.800. The van der Waals surface area contributed by atoms with E-state index in [9.17, 15) is 14.7 Å². The summed E-state index contributed by atoms with van der Waals surface area (Å²) in [6.45, 7) is 0. The Morgan fingerprint density at radius 2 is 1.87 bits per heavy atom. The van der Waals surface area contributed by atoms with Crippen LogP contribution in [0.4, 0.5) is 0 Å². The number of fused-ring (bicyclic) bond motifs is 5. The molecule has 6 atom stereocenters. The molecule has 1 saturated heterocycles. The first-order valence-electron chi connectivity index (χ1n) is 5.11. The molecule has 0 radical (unpaired) electrons. The summed E-state index contributed by atoms with van der Waals surface area (Å²) in [4.78, 5) is 22.8. The van der Waals surface area contributed by atoms with Crippen LogP contribution in [0.25, 0.3) is 0 Å². The lowest BCUT2D eigenvalue weighted by Crippen LogP contribution is -2.44. The standard InChI is InChI=1S/C10H12O5/c1-14-8-4-2-3(7(8)11)5-6(4)10(13)15-9(5)12/h3-8,11H,2H2,1H3. The van der Waals surface area contributed by atoms with E-state index in [1.165, 1.54) is 7.11 Å². The number of aliphatic hydroxyl groups is 1. The van der Waals surface area contributed by atoms with Crippen LogP contribution >= 0.6 is 0 Å². The van der Waals surface area contributed by atoms with Crippen LogP contribution in [0.3, 0.4) is 0 Å². The summed E-state index contributed by atoms with van der Waals surface area (Å²) >= 11 is 0. The lowest BCUT2D eigenvalue weighted by Gasteiger charge is -2.30. The Kier molecular flexibility index (Phi) is 1.73. The van der Waals surface area contributed by atoms with Gasteiger partial charge in [-0.1, -0.05) is 0 Å². The highest BCUT2D eigenvalue weighted by Crippen LogP contribution is 2.56. The molecule has 3 aliphatic rings. The third kappa shape index (κ3) is 0.948. The molecular weight excluding hydrogens is 200 g/mol. The summed E-state index contributed by atoms with van der Waals surface area (Å²) in [7, 11) is 1.52. The van der Waals surface area contributed by atoms with Crippen molar-refractivity contribution in [2.75, 3.05) is 7.11 Å². The Hall–Kier alpha value is -0.940. The Bertz CT molecular complexity index is 339. The number of cyclic esters (lactones) is 2. The average Bonchev–Trinajstić information content (AvgIpc) is 2.78. The second-order valence-electron chi connectivity index (χ2n) is 4.55. The molecule has 3 fully saturated rings. The number of carbonyl (C=O) groups excluding carboxylic acids is 2. The third-order valence-corrected chi connectivity index (χ3v) is 4.07. The van der Waals surface area contributed by atoms with Crippen LogP contribution in [0.15, 0.2) is 0 Å². The molecule has 2 bridgehead atoms. The van der Waals surface area contributed by atoms with Gasteiger partial charge >= 0.3 is 11.9 Å². The smallest absolute Gasteiger partial charge is 0.317 e. The van der Waals surface area contributed by atoms with Gasteiger partial charge in [-0.15, -0.1) is 0 Å². The van der Waals surface area contributed by atoms with Crippen molar-refractivity contribution in [1.82, 2.24) is 0 Å². The fourth-order valence-electron chi connectivity index (χ4n) is 3.52. The minimum atomic E-state index is -0.639. The predicted molar refractivity (Wildman–Crippen MR) is 46.5 cm³/mol. The molecule has 0 aromatic rings. The van der Waals surface area contributed by atoms with E-state index < -0.39 is 24.0 Å². The van der Waals surface area contributed by atoms with Gasteiger partial charge in [0.25, 0.3) is 0 Å². The van der Waals surface area contributed by atoms with Gasteiger partial charge in [0, 0.05) is 18.9 Å². The van der Waals surface area contributed by atoms with Crippen LogP contribution in [0.5, 0.6) is 0 Å². The first kappa shape index (κ1) is 9.30. The van der Waals surface area contributed by atoms with E-state index in [4.69, 9.17) is 4.74 Å². The molecule has 5 nitrogen and oxygen atoms in total. The molecule has 5 heteroatoms. The van der Waals surface area contributed by atoms with Gasteiger partial charge in [0.15, 0.2) is 0 Å². The maximum Gasteiger partial charge on any atom is 0.317 e. The van der Waals surface area contributed by atoms with E-state index in [-0.39, 0.29) is 23.9 Å². The van der Waals surface area contributed by atoms with Gasteiger partial charge in [-0.05, 0) is 6.42 Å². The summed E-state index contributed by atoms with van der Waals surface area (Å²) in [6, 6.07) is 0. The molecule has 1 heterocycles. The highest BCUT2D eigenvalue weighted by Gasteiger charge is 2.66. The maximum atomic E-state index is 11.4. The molecule has 0 aromatic carbocycles. The zero-order chi connectivity index (χ0) is 10.7. The van der Waals surface area contributed by atoms with Crippen molar-refractivity contribution in [3.8, 4) is 0 Å². The first-order chi connectivity index (χ1) is 7.15. The molecule has 1 N–H and O–H groups in total. The molecule has 0 spiro atoms. The fourth-order valence-corrected chi connectivity index (χ4v) is 3.52. The Morgan fingerprint density at radius 1 is 1.27 bits per heavy atom. The average molecular weight is 212 g/mol. The van der Waals surface area contributed by atoms with Crippen molar-refractivity contribution in [3.05, 3.63) is 0 Å². The molecule has 1 aliphatic heterocycles. The van der Waals surface area contributed by atoms with Crippen LogP contribution < -0.4 is 0 Å². The van der Waals surface area contributed by atoms with E-state index >= 15 is 0 Å². The molecule has 82 valence electrons. The molecule has 3 rings (SSSR count). The molecule has 0 amide bonds. The van der Waals surface area contributed by atoms with Gasteiger partial charge in [-0.25, -0.2) is 0 Å². The second-order valence-corrected chi connectivity index (χ2v) is 4.55. The minimum absolute atomic E-state index is 0.0565. The molecule has 0 aromatic heterocycles. The number of methoxy groups -OCH3 is 1. The van der Waals surface area contributed by atoms with Gasteiger partial charge in [0.2, 0.25) is 0 Å². The Balaban J connectivity index is 1.97. The summed E-state index contributed by atoms with van der Waals surface area (Å²) in [5.74, 6) is -1.93. The van der Waals surface area contributed by atoms with Crippen molar-refractivity contribution in [3.63, 3.8) is 0 Å².